The van der Waals surface area contributed by atoms with Crippen molar-refractivity contribution in [1.29, 1.82) is 0 Å². The van der Waals surface area contributed by atoms with E-state index in [-0.39, 0.29) is 16.5 Å². The van der Waals surface area contributed by atoms with Gasteiger partial charge in [-0.15, -0.1) is 0 Å². The smallest absolute Gasteiger partial charge is 0.261 e. The number of benzene rings is 2. The Balaban J connectivity index is 1.66. The van der Waals surface area contributed by atoms with Crippen LogP contribution in [0, 0.1) is 5.82 Å². The zero-order valence-corrected chi connectivity index (χ0v) is 18.0. The first-order valence-corrected chi connectivity index (χ1v) is 10.9. The molecule has 2 aromatic carbocycles. The standard InChI is InChI=1S/C22H20ClFN4OS/c1-2-15-4-7-19-20(12-15)30-22(26-19)28(10-3-9-27-11-8-25-14-27)21(29)17-6-5-16(24)13-18(17)23/h4-8,11-14H,2-3,9-10H2,1H3. The van der Waals surface area contributed by atoms with Crippen molar-refractivity contribution in [1.82, 2.24) is 14.5 Å². The van der Waals surface area contributed by atoms with E-state index in [0.29, 0.717) is 24.6 Å². The van der Waals surface area contributed by atoms with Crippen LogP contribution in [0.4, 0.5) is 9.52 Å². The van der Waals surface area contributed by atoms with E-state index >= 15 is 0 Å². The highest BCUT2D eigenvalue weighted by molar-refractivity contribution is 7.22. The summed E-state index contributed by atoms with van der Waals surface area (Å²) in [6.45, 7) is 3.27. The minimum absolute atomic E-state index is 0.0917. The summed E-state index contributed by atoms with van der Waals surface area (Å²) in [6.07, 6.45) is 6.99. The maximum Gasteiger partial charge on any atom is 0.261 e. The van der Waals surface area contributed by atoms with Gasteiger partial charge in [-0.1, -0.05) is 35.9 Å². The Bertz CT molecular complexity index is 1180. The van der Waals surface area contributed by atoms with Gasteiger partial charge in [0.25, 0.3) is 5.91 Å². The predicted molar refractivity (Wildman–Crippen MR) is 119 cm³/mol. The highest BCUT2D eigenvalue weighted by atomic mass is 35.5. The van der Waals surface area contributed by atoms with Crippen molar-refractivity contribution < 1.29 is 9.18 Å². The van der Waals surface area contributed by atoms with Gasteiger partial charge in [0, 0.05) is 25.5 Å². The second-order valence-electron chi connectivity index (χ2n) is 6.89. The third-order valence-corrected chi connectivity index (χ3v) is 6.20. The van der Waals surface area contributed by atoms with Gasteiger partial charge in [0.1, 0.15) is 5.82 Å². The number of aromatic nitrogens is 3. The van der Waals surface area contributed by atoms with Crippen LogP contribution in [-0.2, 0) is 13.0 Å². The summed E-state index contributed by atoms with van der Waals surface area (Å²) in [6, 6.07) is 9.96. The molecule has 0 radical (unpaired) electrons. The first-order chi connectivity index (χ1) is 14.5. The zero-order chi connectivity index (χ0) is 21.1. The molecular weight excluding hydrogens is 423 g/mol. The van der Waals surface area contributed by atoms with Crippen LogP contribution in [0.2, 0.25) is 5.02 Å². The first kappa shape index (κ1) is 20.5. The molecule has 30 heavy (non-hydrogen) atoms. The molecule has 5 nitrogen and oxygen atoms in total. The number of hydrogen-bond donors (Lipinski definition) is 0. The van der Waals surface area contributed by atoms with E-state index in [0.717, 1.165) is 22.7 Å². The molecule has 0 N–H and O–H groups in total. The second kappa shape index (κ2) is 8.93. The Kier molecular flexibility index (Phi) is 6.11. The maximum absolute atomic E-state index is 13.5. The minimum atomic E-state index is -0.477. The number of hydrogen-bond acceptors (Lipinski definition) is 4. The second-order valence-corrected chi connectivity index (χ2v) is 8.30. The Hall–Kier alpha value is -2.77. The van der Waals surface area contributed by atoms with Gasteiger partial charge >= 0.3 is 0 Å². The van der Waals surface area contributed by atoms with Gasteiger partial charge in [0.05, 0.1) is 27.1 Å². The van der Waals surface area contributed by atoms with Gasteiger partial charge in [-0.2, -0.15) is 0 Å². The molecule has 4 aromatic rings. The van der Waals surface area contributed by atoms with Crippen LogP contribution in [0.1, 0.15) is 29.3 Å². The normalized spacial score (nSPS) is 11.2. The van der Waals surface area contributed by atoms with Crippen LogP contribution in [0.3, 0.4) is 0 Å². The van der Waals surface area contributed by atoms with Crippen LogP contribution >= 0.6 is 22.9 Å². The molecule has 1 amide bonds. The van der Waals surface area contributed by atoms with Gasteiger partial charge in [0.15, 0.2) is 5.13 Å². The van der Waals surface area contributed by atoms with Gasteiger partial charge < -0.3 is 4.57 Å². The van der Waals surface area contributed by atoms with Crippen molar-refractivity contribution in [2.75, 3.05) is 11.4 Å². The summed E-state index contributed by atoms with van der Waals surface area (Å²) < 4.78 is 16.5. The molecule has 0 saturated carbocycles. The summed E-state index contributed by atoms with van der Waals surface area (Å²) >= 11 is 7.65. The average molecular weight is 443 g/mol. The molecule has 0 spiro atoms. The number of halogens is 2. The van der Waals surface area contributed by atoms with Gasteiger partial charge in [-0.3, -0.25) is 9.69 Å². The molecular formula is C22H20ClFN4OS. The molecule has 0 fully saturated rings. The Morgan fingerprint density at radius 3 is 2.87 bits per heavy atom. The topological polar surface area (TPSA) is 51.0 Å². The summed E-state index contributed by atoms with van der Waals surface area (Å²) in [7, 11) is 0. The summed E-state index contributed by atoms with van der Waals surface area (Å²) in [5, 5.41) is 0.697. The highest BCUT2D eigenvalue weighted by Crippen LogP contribution is 2.32. The molecule has 2 aromatic heterocycles. The lowest BCUT2D eigenvalue weighted by Gasteiger charge is -2.20. The number of carbonyl (C=O) groups is 1. The van der Waals surface area contributed by atoms with Gasteiger partial charge in [-0.25, -0.2) is 14.4 Å². The molecule has 2 heterocycles. The van der Waals surface area contributed by atoms with Gasteiger partial charge in [-0.05, 0) is 48.7 Å². The van der Waals surface area contributed by atoms with Crippen molar-refractivity contribution in [2.24, 2.45) is 0 Å². The number of fused-ring (bicyclic) bond motifs is 1. The van der Waals surface area contributed by atoms with E-state index in [1.807, 2.05) is 22.9 Å². The third kappa shape index (κ3) is 4.37. The van der Waals surface area contributed by atoms with E-state index < -0.39 is 5.82 Å². The van der Waals surface area contributed by atoms with Crippen molar-refractivity contribution in [3.8, 4) is 0 Å². The number of anilines is 1. The minimum Gasteiger partial charge on any atom is -0.337 e. The largest absolute Gasteiger partial charge is 0.337 e. The summed E-state index contributed by atoms with van der Waals surface area (Å²) in [5.74, 6) is -0.768. The number of imidazole rings is 1. The van der Waals surface area contributed by atoms with Gasteiger partial charge in [0.2, 0.25) is 0 Å². The zero-order valence-electron chi connectivity index (χ0n) is 16.4. The van der Waals surface area contributed by atoms with E-state index in [4.69, 9.17) is 11.6 Å². The lowest BCUT2D eigenvalue weighted by atomic mass is 10.2. The van der Waals surface area contributed by atoms with Crippen LogP contribution in [0.15, 0.2) is 55.1 Å². The van der Waals surface area contributed by atoms with Crippen LogP contribution in [0.25, 0.3) is 10.2 Å². The Morgan fingerprint density at radius 2 is 2.13 bits per heavy atom. The molecule has 0 saturated heterocycles. The van der Waals surface area contributed by atoms with Crippen LogP contribution < -0.4 is 4.90 Å². The lowest BCUT2D eigenvalue weighted by molar-refractivity contribution is 0.0986. The van der Waals surface area contributed by atoms with Crippen LogP contribution in [0.5, 0.6) is 0 Å². The summed E-state index contributed by atoms with van der Waals surface area (Å²) in [4.78, 5) is 23.7. The van der Waals surface area contributed by atoms with E-state index in [1.54, 1.807) is 17.4 Å². The molecule has 4 rings (SSSR count). The average Bonchev–Trinajstić information content (AvgIpc) is 3.39. The van der Waals surface area contributed by atoms with Crippen molar-refractivity contribution in [3.63, 3.8) is 0 Å². The van der Waals surface area contributed by atoms with E-state index in [1.165, 1.54) is 29.0 Å². The van der Waals surface area contributed by atoms with Crippen LogP contribution in [-0.4, -0.2) is 27.0 Å². The molecule has 0 atom stereocenters. The molecule has 154 valence electrons. The monoisotopic (exact) mass is 442 g/mol. The number of nitrogens with zero attached hydrogens (tertiary/aromatic N) is 4. The fourth-order valence-corrected chi connectivity index (χ4v) is 4.52. The fraction of sp³-hybridized carbons (Fsp3) is 0.227. The highest BCUT2D eigenvalue weighted by Gasteiger charge is 2.23. The Morgan fingerprint density at radius 1 is 1.27 bits per heavy atom. The Labute approximate surface area is 182 Å². The summed E-state index contributed by atoms with van der Waals surface area (Å²) in [5.41, 5.74) is 2.33. The van der Waals surface area contributed by atoms with Crippen molar-refractivity contribution >= 4 is 44.2 Å². The quantitative estimate of drug-likeness (QED) is 0.375. The molecule has 0 aliphatic heterocycles. The number of rotatable bonds is 7. The molecule has 8 heteroatoms. The SMILES string of the molecule is CCc1ccc2nc(N(CCCn3ccnc3)C(=O)c3ccc(F)cc3Cl)sc2c1. The maximum atomic E-state index is 13.5. The number of thiazole rings is 1. The molecule has 0 aliphatic rings. The lowest BCUT2D eigenvalue weighted by Crippen LogP contribution is -2.32. The third-order valence-electron chi connectivity index (χ3n) is 4.84. The van der Waals surface area contributed by atoms with E-state index in [2.05, 4.69) is 23.0 Å². The number of aryl methyl sites for hydroxylation is 2. The molecule has 0 bridgehead atoms. The van der Waals surface area contributed by atoms with Crippen molar-refractivity contribution in [3.05, 3.63) is 77.1 Å². The number of carbonyl (C=O) groups excluding carboxylic acids is 1. The fourth-order valence-electron chi connectivity index (χ4n) is 3.22. The van der Waals surface area contributed by atoms with Crippen molar-refractivity contribution in [2.45, 2.75) is 26.3 Å². The first-order valence-electron chi connectivity index (χ1n) is 9.67. The van der Waals surface area contributed by atoms with E-state index in [9.17, 15) is 9.18 Å². The number of amides is 1. The molecule has 0 unspecified atom stereocenters. The predicted octanol–water partition coefficient (Wildman–Crippen LogP) is 5.58. The molecule has 0 aliphatic carbocycles.